The van der Waals surface area contributed by atoms with Crippen LogP contribution in [0.1, 0.15) is 19.4 Å². The maximum absolute atomic E-state index is 11.3. The molecule has 0 saturated carbocycles. The summed E-state index contributed by atoms with van der Waals surface area (Å²) < 4.78 is 6.46. The first kappa shape index (κ1) is 11.0. The Morgan fingerprint density at radius 2 is 2.43 bits per heavy atom. The average Bonchev–Trinajstić information content (AvgIpc) is 2.47. The number of esters is 1. The van der Waals surface area contributed by atoms with Crippen LogP contribution in [0.2, 0.25) is 0 Å². The zero-order chi connectivity index (χ0) is 10.7. The number of methoxy groups -OCH3 is 1. The molecule has 0 amide bonds. The van der Waals surface area contributed by atoms with E-state index >= 15 is 0 Å². The maximum atomic E-state index is 11.3. The molecular weight excluding hydrogens is 252 g/mol. The number of nitrogens with two attached hydrogens (primary N) is 1. The monoisotopic (exact) mass is 262 g/mol. The van der Waals surface area contributed by atoms with Crippen molar-refractivity contribution in [3.8, 4) is 0 Å². The quantitative estimate of drug-likeness (QED) is 0.813. The van der Waals surface area contributed by atoms with E-state index < -0.39 is 6.04 Å². The van der Waals surface area contributed by atoms with Crippen molar-refractivity contribution < 1.29 is 9.53 Å². The molecule has 0 aromatic carbocycles. The van der Waals surface area contributed by atoms with E-state index in [0.29, 0.717) is 11.2 Å². The van der Waals surface area contributed by atoms with Crippen molar-refractivity contribution in [3.63, 3.8) is 0 Å². The molecule has 78 valence electrons. The molecule has 0 spiro atoms. The highest BCUT2D eigenvalue weighted by Gasteiger charge is 2.23. The van der Waals surface area contributed by atoms with Gasteiger partial charge in [-0.2, -0.15) is 4.98 Å². The van der Waals surface area contributed by atoms with Gasteiger partial charge in [0.25, 0.3) is 0 Å². The molecular formula is C7H11BrN4O2. The van der Waals surface area contributed by atoms with E-state index in [1.54, 1.807) is 0 Å². The fourth-order valence-electron chi connectivity index (χ4n) is 1.09. The van der Waals surface area contributed by atoms with Gasteiger partial charge in [-0.25, -0.2) is 9.48 Å². The van der Waals surface area contributed by atoms with Gasteiger partial charge in [0.2, 0.25) is 5.95 Å². The number of aromatic nitrogens is 3. The van der Waals surface area contributed by atoms with Crippen molar-refractivity contribution in [2.75, 3.05) is 12.8 Å². The number of carbonyl (C=O) groups excluding carboxylic acids is 1. The number of nitrogen functional groups attached to an aromatic ring is 1. The summed E-state index contributed by atoms with van der Waals surface area (Å²) in [5, 5.41) is 3.89. The molecule has 1 atom stereocenters. The number of hydrogen-bond acceptors (Lipinski definition) is 5. The number of halogens is 1. The van der Waals surface area contributed by atoms with E-state index in [1.165, 1.54) is 11.8 Å². The minimum atomic E-state index is -0.487. The predicted octanol–water partition coefficient (Wildman–Crippen LogP) is 0.747. The summed E-state index contributed by atoms with van der Waals surface area (Å²) in [6, 6.07) is -0.487. The summed E-state index contributed by atoms with van der Waals surface area (Å²) in [7, 11) is 1.33. The number of hydrogen-bond donors (Lipinski definition) is 1. The summed E-state index contributed by atoms with van der Waals surface area (Å²) in [6.45, 7) is 1.85. The minimum Gasteiger partial charge on any atom is -0.467 e. The van der Waals surface area contributed by atoms with Gasteiger partial charge in [0, 0.05) is 0 Å². The van der Waals surface area contributed by atoms with Gasteiger partial charge in [-0.15, -0.1) is 5.10 Å². The largest absolute Gasteiger partial charge is 0.467 e. The predicted molar refractivity (Wildman–Crippen MR) is 53.5 cm³/mol. The molecule has 14 heavy (non-hydrogen) atoms. The fraction of sp³-hybridized carbons (Fsp3) is 0.571. The van der Waals surface area contributed by atoms with Crippen LogP contribution in [-0.4, -0.2) is 27.8 Å². The number of rotatable bonds is 3. The molecule has 1 heterocycles. The second-order valence-electron chi connectivity index (χ2n) is 2.63. The Morgan fingerprint density at radius 3 is 2.79 bits per heavy atom. The second kappa shape index (κ2) is 4.41. The van der Waals surface area contributed by atoms with Crippen molar-refractivity contribution >= 4 is 27.8 Å². The zero-order valence-electron chi connectivity index (χ0n) is 7.90. The Morgan fingerprint density at radius 1 is 1.79 bits per heavy atom. The molecule has 0 fully saturated rings. The van der Waals surface area contributed by atoms with Crippen molar-refractivity contribution in [1.29, 1.82) is 0 Å². The van der Waals surface area contributed by atoms with Crippen LogP contribution in [0.25, 0.3) is 0 Å². The molecule has 0 aliphatic carbocycles. The smallest absolute Gasteiger partial charge is 0.330 e. The van der Waals surface area contributed by atoms with Crippen LogP contribution >= 0.6 is 15.9 Å². The van der Waals surface area contributed by atoms with Crippen LogP contribution in [0.3, 0.4) is 0 Å². The highest BCUT2D eigenvalue weighted by molar-refractivity contribution is 9.10. The van der Waals surface area contributed by atoms with Crippen molar-refractivity contribution in [3.05, 3.63) is 4.73 Å². The van der Waals surface area contributed by atoms with Crippen LogP contribution in [0.15, 0.2) is 4.73 Å². The highest BCUT2D eigenvalue weighted by atomic mass is 79.9. The molecule has 2 N–H and O–H groups in total. The van der Waals surface area contributed by atoms with E-state index in [-0.39, 0.29) is 11.9 Å². The normalized spacial score (nSPS) is 12.5. The number of nitrogens with zero attached hydrogens (tertiary/aromatic N) is 3. The van der Waals surface area contributed by atoms with E-state index in [2.05, 4.69) is 30.7 Å². The number of ether oxygens (including phenoxy) is 1. The summed E-state index contributed by atoms with van der Waals surface area (Å²) in [4.78, 5) is 15.2. The average molecular weight is 263 g/mol. The lowest BCUT2D eigenvalue weighted by atomic mass is 10.2. The van der Waals surface area contributed by atoms with Gasteiger partial charge >= 0.3 is 5.97 Å². The van der Waals surface area contributed by atoms with E-state index in [4.69, 9.17) is 5.73 Å². The van der Waals surface area contributed by atoms with Crippen molar-refractivity contribution in [1.82, 2.24) is 14.8 Å². The molecule has 0 radical (unpaired) electrons. The first-order valence-electron chi connectivity index (χ1n) is 4.05. The van der Waals surface area contributed by atoms with Gasteiger partial charge in [-0.1, -0.05) is 6.92 Å². The molecule has 7 heteroatoms. The topological polar surface area (TPSA) is 83.0 Å². The van der Waals surface area contributed by atoms with E-state index in [0.717, 1.165) is 0 Å². The van der Waals surface area contributed by atoms with Crippen LogP contribution in [0, 0.1) is 0 Å². The summed E-state index contributed by atoms with van der Waals surface area (Å²) >= 11 is 3.16. The SMILES string of the molecule is CCC(C(=O)OC)n1nc(N)nc1Br. The fourth-order valence-corrected chi connectivity index (χ4v) is 1.60. The van der Waals surface area contributed by atoms with Crippen LogP contribution in [0.5, 0.6) is 0 Å². The van der Waals surface area contributed by atoms with Gasteiger partial charge in [-0.3, -0.25) is 0 Å². The second-order valence-corrected chi connectivity index (χ2v) is 3.34. The highest BCUT2D eigenvalue weighted by Crippen LogP contribution is 2.18. The van der Waals surface area contributed by atoms with Crippen molar-refractivity contribution in [2.24, 2.45) is 0 Å². The molecule has 0 aliphatic heterocycles. The number of carbonyl (C=O) groups is 1. The lowest BCUT2D eigenvalue weighted by Crippen LogP contribution is -2.21. The zero-order valence-corrected chi connectivity index (χ0v) is 9.48. The Labute approximate surface area is 89.6 Å². The maximum Gasteiger partial charge on any atom is 0.330 e. The number of anilines is 1. The summed E-state index contributed by atoms with van der Waals surface area (Å²) in [6.07, 6.45) is 0.564. The third-order valence-electron chi connectivity index (χ3n) is 1.76. The van der Waals surface area contributed by atoms with E-state index in [9.17, 15) is 4.79 Å². The molecule has 0 aliphatic rings. The van der Waals surface area contributed by atoms with Gasteiger partial charge in [0.05, 0.1) is 7.11 Å². The van der Waals surface area contributed by atoms with Crippen LogP contribution < -0.4 is 5.73 Å². The van der Waals surface area contributed by atoms with Gasteiger partial charge in [-0.05, 0) is 22.4 Å². The minimum absolute atomic E-state index is 0.124. The van der Waals surface area contributed by atoms with Crippen LogP contribution in [0.4, 0.5) is 5.95 Å². The van der Waals surface area contributed by atoms with Gasteiger partial charge in [0.1, 0.15) is 0 Å². The molecule has 1 unspecified atom stereocenters. The summed E-state index contributed by atoms with van der Waals surface area (Å²) in [5.74, 6) is -0.239. The van der Waals surface area contributed by atoms with Gasteiger partial charge < -0.3 is 10.5 Å². The summed E-state index contributed by atoms with van der Waals surface area (Å²) in [5.41, 5.74) is 5.39. The lowest BCUT2D eigenvalue weighted by Gasteiger charge is -2.12. The first-order valence-corrected chi connectivity index (χ1v) is 4.84. The Hall–Kier alpha value is -1.11. The Bertz CT molecular complexity index is 338. The third kappa shape index (κ3) is 2.03. The molecule has 0 bridgehead atoms. The molecule has 0 saturated heterocycles. The molecule has 1 rings (SSSR count). The standard InChI is InChI=1S/C7H11BrN4O2/c1-3-4(5(13)14-2)12-6(8)10-7(9)11-12/h4H,3H2,1-2H3,(H2,9,11). The molecule has 6 nitrogen and oxygen atoms in total. The first-order chi connectivity index (χ1) is 6.60. The van der Waals surface area contributed by atoms with Gasteiger partial charge in [0.15, 0.2) is 10.8 Å². The van der Waals surface area contributed by atoms with Crippen LogP contribution in [-0.2, 0) is 9.53 Å². The van der Waals surface area contributed by atoms with Crippen molar-refractivity contribution in [2.45, 2.75) is 19.4 Å². The lowest BCUT2D eigenvalue weighted by molar-refractivity contribution is -0.145. The Balaban J connectivity index is 3.00. The van der Waals surface area contributed by atoms with E-state index in [1.807, 2.05) is 6.92 Å². The molecule has 1 aromatic heterocycles. The Kier molecular flexibility index (Phi) is 3.45. The molecule has 1 aromatic rings. The third-order valence-corrected chi connectivity index (χ3v) is 2.30.